The number of esters is 2. The zero-order valence-electron chi connectivity index (χ0n) is 20.5. The number of alkyl halides is 3. The second-order valence-electron chi connectivity index (χ2n) is 10.1. The second kappa shape index (κ2) is 9.68. The average Bonchev–Trinajstić information content (AvgIpc) is 2.66. The summed E-state index contributed by atoms with van der Waals surface area (Å²) in [4.78, 5) is 25.8. The van der Waals surface area contributed by atoms with E-state index >= 15 is 0 Å². The lowest BCUT2D eigenvalue weighted by Crippen LogP contribution is -2.48. The smallest absolute Gasteiger partial charge is 0.389 e. The Morgan fingerprint density at radius 3 is 2.06 bits per heavy atom. The molecule has 1 aliphatic rings. The zero-order valence-corrected chi connectivity index (χ0v) is 21.5. The summed E-state index contributed by atoms with van der Waals surface area (Å²) in [6.45, 7) is 13.6. The Balaban J connectivity index is 2.58. The maximum atomic E-state index is 13.6. The first kappa shape index (κ1) is 27.2. The molecule has 0 radical (unpaired) electrons. The Labute approximate surface area is 195 Å². The highest BCUT2D eigenvalue weighted by molar-refractivity contribution is 6.74. The van der Waals surface area contributed by atoms with Gasteiger partial charge in [0.15, 0.2) is 5.41 Å². The van der Waals surface area contributed by atoms with Gasteiger partial charge in [-0.25, -0.2) is 0 Å². The number of hydrogen-bond acceptors (Lipinski definition) is 5. The van der Waals surface area contributed by atoms with Gasteiger partial charge in [-0.2, -0.15) is 13.2 Å². The standard InChI is InChI=1S/C24H35F3O5Si/c1-8-30-20(28)23(21(29)31-9-2)13-16-10-11-18(32-33(6,7)22(3,4)5)12-19(16)17(14-23)15-24(25,26)27/h10-12,17H,8-9,13-15H2,1-7H3. The fourth-order valence-corrected chi connectivity index (χ4v) is 4.97. The molecule has 1 aromatic carbocycles. The molecule has 186 valence electrons. The summed E-state index contributed by atoms with van der Waals surface area (Å²) in [5.41, 5.74) is -0.858. The van der Waals surface area contributed by atoms with Gasteiger partial charge in [0, 0.05) is 0 Å². The van der Waals surface area contributed by atoms with Gasteiger partial charge >= 0.3 is 18.1 Å². The van der Waals surface area contributed by atoms with Crippen LogP contribution in [0.15, 0.2) is 18.2 Å². The van der Waals surface area contributed by atoms with Gasteiger partial charge in [0.2, 0.25) is 8.32 Å². The first-order valence-corrected chi connectivity index (χ1v) is 14.2. The molecule has 0 aromatic heterocycles. The van der Waals surface area contributed by atoms with Crippen LogP contribution in [0.5, 0.6) is 5.75 Å². The molecule has 0 spiro atoms. The number of carbonyl (C=O) groups excluding carboxylic acids is 2. The predicted molar refractivity (Wildman–Crippen MR) is 122 cm³/mol. The molecule has 0 N–H and O–H groups in total. The van der Waals surface area contributed by atoms with Crippen LogP contribution in [0.2, 0.25) is 18.1 Å². The maximum absolute atomic E-state index is 13.6. The molecule has 0 aliphatic heterocycles. The van der Waals surface area contributed by atoms with E-state index in [9.17, 15) is 22.8 Å². The third-order valence-electron chi connectivity index (χ3n) is 6.63. The molecule has 2 rings (SSSR count). The van der Waals surface area contributed by atoms with Crippen LogP contribution >= 0.6 is 0 Å². The fraction of sp³-hybridized carbons (Fsp3) is 0.667. The van der Waals surface area contributed by atoms with E-state index in [0.29, 0.717) is 16.9 Å². The van der Waals surface area contributed by atoms with Gasteiger partial charge < -0.3 is 13.9 Å². The van der Waals surface area contributed by atoms with E-state index < -0.39 is 44.2 Å². The van der Waals surface area contributed by atoms with Crippen LogP contribution in [0.3, 0.4) is 0 Å². The Morgan fingerprint density at radius 1 is 1.06 bits per heavy atom. The van der Waals surface area contributed by atoms with Gasteiger partial charge in [0.1, 0.15) is 5.75 Å². The van der Waals surface area contributed by atoms with Crippen molar-refractivity contribution >= 4 is 20.3 Å². The van der Waals surface area contributed by atoms with E-state index in [2.05, 4.69) is 33.9 Å². The van der Waals surface area contributed by atoms with Crippen molar-refractivity contribution in [1.82, 2.24) is 0 Å². The molecule has 1 aliphatic carbocycles. The van der Waals surface area contributed by atoms with Crippen LogP contribution in [0.4, 0.5) is 13.2 Å². The van der Waals surface area contributed by atoms with E-state index in [0.717, 1.165) is 0 Å². The first-order chi connectivity index (χ1) is 15.1. The summed E-state index contributed by atoms with van der Waals surface area (Å²) in [6, 6.07) is 5.01. The minimum absolute atomic E-state index is 0.00999. The van der Waals surface area contributed by atoms with Gasteiger partial charge in [-0.3, -0.25) is 9.59 Å². The molecular formula is C24H35F3O5Si. The molecule has 0 fully saturated rings. The fourth-order valence-electron chi connectivity index (χ4n) is 3.95. The minimum Gasteiger partial charge on any atom is -0.543 e. The first-order valence-electron chi connectivity index (χ1n) is 11.3. The lowest BCUT2D eigenvalue weighted by molar-refractivity contribution is -0.176. The van der Waals surface area contributed by atoms with Crippen molar-refractivity contribution in [2.24, 2.45) is 5.41 Å². The summed E-state index contributed by atoms with van der Waals surface area (Å²) >= 11 is 0. The third kappa shape index (κ3) is 6.10. The van der Waals surface area contributed by atoms with Crippen molar-refractivity contribution in [1.29, 1.82) is 0 Å². The molecule has 9 heteroatoms. The van der Waals surface area contributed by atoms with Crippen LogP contribution in [-0.2, 0) is 25.5 Å². The van der Waals surface area contributed by atoms with Crippen molar-refractivity contribution in [2.45, 2.75) is 84.1 Å². The molecule has 1 unspecified atom stereocenters. The molecule has 0 heterocycles. The lowest BCUT2D eigenvalue weighted by atomic mass is 9.66. The predicted octanol–water partition coefficient (Wildman–Crippen LogP) is 6.17. The number of ether oxygens (including phenoxy) is 2. The van der Waals surface area contributed by atoms with E-state index in [1.54, 1.807) is 32.0 Å². The van der Waals surface area contributed by atoms with Gasteiger partial charge in [-0.15, -0.1) is 0 Å². The van der Waals surface area contributed by atoms with Crippen LogP contribution in [0.25, 0.3) is 0 Å². The van der Waals surface area contributed by atoms with Gasteiger partial charge in [0.25, 0.3) is 0 Å². The summed E-state index contributed by atoms with van der Waals surface area (Å²) in [5, 5.41) is -0.0861. The monoisotopic (exact) mass is 488 g/mol. The van der Waals surface area contributed by atoms with Crippen LogP contribution in [-0.4, -0.2) is 39.6 Å². The number of fused-ring (bicyclic) bond motifs is 1. The second-order valence-corrected chi connectivity index (χ2v) is 14.9. The Kier molecular flexibility index (Phi) is 7.98. The van der Waals surface area contributed by atoms with Crippen molar-refractivity contribution in [2.75, 3.05) is 13.2 Å². The molecule has 0 bridgehead atoms. The number of carbonyl (C=O) groups is 2. The maximum Gasteiger partial charge on any atom is 0.389 e. The number of benzene rings is 1. The molecular weight excluding hydrogens is 453 g/mol. The quantitative estimate of drug-likeness (QED) is 0.261. The van der Waals surface area contributed by atoms with E-state index in [4.69, 9.17) is 13.9 Å². The molecule has 0 saturated carbocycles. The molecule has 5 nitrogen and oxygen atoms in total. The van der Waals surface area contributed by atoms with E-state index in [-0.39, 0.29) is 31.1 Å². The molecule has 33 heavy (non-hydrogen) atoms. The summed E-state index contributed by atoms with van der Waals surface area (Å²) in [5.74, 6) is -2.29. The summed E-state index contributed by atoms with van der Waals surface area (Å²) < 4.78 is 57.2. The Hall–Kier alpha value is -2.03. The van der Waals surface area contributed by atoms with Crippen molar-refractivity contribution in [3.63, 3.8) is 0 Å². The molecule has 1 atom stereocenters. The van der Waals surface area contributed by atoms with Gasteiger partial charge in [-0.1, -0.05) is 26.8 Å². The summed E-state index contributed by atoms with van der Waals surface area (Å²) in [6.07, 6.45) is -6.05. The van der Waals surface area contributed by atoms with Crippen molar-refractivity contribution in [3.05, 3.63) is 29.3 Å². The number of rotatable bonds is 7. The highest BCUT2D eigenvalue weighted by Gasteiger charge is 2.54. The number of hydrogen-bond donors (Lipinski definition) is 0. The minimum atomic E-state index is -4.48. The van der Waals surface area contributed by atoms with Gasteiger partial charge in [-0.05, 0) is 74.0 Å². The Bertz CT molecular complexity index is 856. The van der Waals surface area contributed by atoms with E-state index in [1.807, 2.05) is 0 Å². The SMILES string of the molecule is CCOC(=O)C1(C(=O)OCC)Cc2ccc(O[Si](C)(C)C(C)(C)C)cc2C(CC(F)(F)F)C1. The zero-order chi connectivity index (χ0) is 25.2. The molecule has 1 aromatic rings. The largest absolute Gasteiger partial charge is 0.543 e. The van der Waals surface area contributed by atoms with Gasteiger partial charge in [0.05, 0.1) is 19.6 Å². The average molecular weight is 489 g/mol. The summed E-state index contributed by atoms with van der Waals surface area (Å²) in [7, 11) is -2.22. The molecule has 0 saturated heterocycles. The topological polar surface area (TPSA) is 61.8 Å². The Morgan fingerprint density at radius 2 is 1.61 bits per heavy atom. The van der Waals surface area contributed by atoms with Crippen LogP contribution in [0, 0.1) is 5.41 Å². The normalized spacial score (nSPS) is 18.3. The highest BCUT2D eigenvalue weighted by Crippen LogP contribution is 2.49. The molecule has 0 amide bonds. The highest BCUT2D eigenvalue weighted by atomic mass is 28.4. The lowest BCUT2D eigenvalue weighted by Gasteiger charge is -2.40. The van der Waals surface area contributed by atoms with Crippen LogP contribution in [0.1, 0.15) is 64.5 Å². The van der Waals surface area contributed by atoms with E-state index in [1.165, 1.54) is 0 Å². The van der Waals surface area contributed by atoms with Crippen molar-refractivity contribution in [3.8, 4) is 5.75 Å². The van der Waals surface area contributed by atoms with Crippen LogP contribution < -0.4 is 4.43 Å². The van der Waals surface area contributed by atoms with Crippen molar-refractivity contribution < 1.29 is 36.7 Å². The third-order valence-corrected chi connectivity index (χ3v) is 11.0. The number of halogens is 3.